The number of hydrogen-bond acceptors (Lipinski definition) is 5. The standard InChI is InChI=1S/C16H17N3O3/c1-9-18-12-5-3-4-11(17)14(12)15(22)19(9)16(2)7-6-10(20)8-13(16)21/h3-5H,6-8,17H2,1-2H3/t16-/m0/s1/i3D,4D,5D. The van der Waals surface area contributed by atoms with Crippen molar-refractivity contribution in [3.63, 3.8) is 0 Å². The van der Waals surface area contributed by atoms with Crippen LogP contribution in [0, 0.1) is 6.92 Å². The number of nitrogens with zero attached hydrogens (tertiary/aromatic N) is 2. The van der Waals surface area contributed by atoms with Crippen molar-refractivity contribution in [2.24, 2.45) is 0 Å². The van der Waals surface area contributed by atoms with Gasteiger partial charge >= 0.3 is 0 Å². The van der Waals surface area contributed by atoms with E-state index in [4.69, 9.17) is 9.85 Å². The molecule has 6 heteroatoms. The maximum Gasteiger partial charge on any atom is 0.264 e. The van der Waals surface area contributed by atoms with Crippen LogP contribution in [0.5, 0.6) is 0 Å². The number of rotatable bonds is 1. The molecule has 3 rings (SSSR count). The molecule has 2 aromatic rings. The number of anilines is 1. The van der Waals surface area contributed by atoms with Gasteiger partial charge < -0.3 is 5.73 Å². The van der Waals surface area contributed by atoms with Crippen LogP contribution in [0.3, 0.4) is 0 Å². The minimum Gasteiger partial charge on any atom is -0.398 e. The van der Waals surface area contributed by atoms with Crippen molar-refractivity contribution in [1.82, 2.24) is 9.55 Å². The molecule has 1 fully saturated rings. The maximum atomic E-state index is 13.1. The molecule has 22 heavy (non-hydrogen) atoms. The third-order valence-corrected chi connectivity index (χ3v) is 4.24. The third kappa shape index (κ3) is 1.94. The van der Waals surface area contributed by atoms with Gasteiger partial charge in [0.05, 0.1) is 21.4 Å². The summed E-state index contributed by atoms with van der Waals surface area (Å²) in [5.41, 5.74) is 3.71. The van der Waals surface area contributed by atoms with Gasteiger partial charge in [-0.3, -0.25) is 19.0 Å². The lowest BCUT2D eigenvalue weighted by molar-refractivity contribution is -0.136. The lowest BCUT2D eigenvalue weighted by Crippen LogP contribution is -2.49. The summed E-state index contributed by atoms with van der Waals surface area (Å²) >= 11 is 0. The van der Waals surface area contributed by atoms with Crippen molar-refractivity contribution < 1.29 is 13.7 Å². The first-order chi connectivity index (χ1) is 11.6. The average Bonchev–Trinajstić information content (AvgIpc) is 2.54. The number of nitrogens with two attached hydrogens (primary N) is 1. The van der Waals surface area contributed by atoms with E-state index < -0.39 is 23.2 Å². The summed E-state index contributed by atoms with van der Waals surface area (Å²) < 4.78 is 24.8. The van der Waals surface area contributed by atoms with E-state index in [9.17, 15) is 14.4 Å². The Hall–Kier alpha value is -2.50. The average molecular weight is 302 g/mol. The molecular weight excluding hydrogens is 282 g/mol. The Morgan fingerprint density at radius 2 is 2.09 bits per heavy atom. The Kier molecular flexibility index (Phi) is 2.41. The summed E-state index contributed by atoms with van der Waals surface area (Å²) in [4.78, 5) is 41.4. The summed E-state index contributed by atoms with van der Waals surface area (Å²) in [6, 6.07) is -1.17. The highest BCUT2D eigenvalue weighted by Gasteiger charge is 2.41. The van der Waals surface area contributed by atoms with E-state index in [-0.39, 0.29) is 59.3 Å². The first-order valence-corrected chi connectivity index (χ1v) is 6.93. The van der Waals surface area contributed by atoms with E-state index in [1.165, 1.54) is 11.5 Å². The summed E-state index contributed by atoms with van der Waals surface area (Å²) in [5, 5.41) is -0.137. The number of fused-ring (bicyclic) bond motifs is 1. The van der Waals surface area contributed by atoms with Crippen LogP contribution in [0.4, 0.5) is 5.69 Å². The van der Waals surface area contributed by atoms with Crippen LogP contribution in [0.2, 0.25) is 0 Å². The van der Waals surface area contributed by atoms with Gasteiger partial charge in [0.15, 0.2) is 5.78 Å². The Morgan fingerprint density at radius 1 is 1.36 bits per heavy atom. The van der Waals surface area contributed by atoms with Crippen LogP contribution < -0.4 is 11.3 Å². The predicted octanol–water partition coefficient (Wildman–Crippen LogP) is 1.32. The predicted molar refractivity (Wildman–Crippen MR) is 82.7 cm³/mol. The zero-order chi connectivity index (χ0) is 18.7. The Balaban J connectivity index is 2.41. The van der Waals surface area contributed by atoms with Gasteiger partial charge in [-0.2, -0.15) is 0 Å². The summed E-state index contributed by atoms with van der Waals surface area (Å²) in [5.74, 6) is -0.335. The summed E-state index contributed by atoms with van der Waals surface area (Å²) in [7, 11) is 0. The number of nitrogen functional groups attached to an aromatic ring is 1. The van der Waals surface area contributed by atoms with Gasteiger partial charge in [-0.25, -0.2) is 4.98 Å². The number of aryl methyl sites for hydroxylation is 1. The van der Waals surface area contributed by atoms with Crippen LogP contribution >= 0.6 is 0 Å². The topological polar surface area (TPSA) is 95.0 Å². The van der Waals surface area contributed by atoms with Crippen LogP contribution in [0.25, 0.3) is 10.9 Å². The van der Waals surface area contributed by atoms with Crippen molar-refractivity contribution in [2.75, 3.05) is 5.73 Å². The zero-order valence-corrected chi connectivity index (χ0v) is 12.3. The molecule has 6 nitrogen and oxygen atoms in total. The van der Waals surface area contributed by atoms with Gasteiger partial charge in [-0.1, -0.05) is 6.04 Å². The molecule has 1 aromatic heterocycles. The fraction of sp³-hybridized carbons (Fsp3) is 0.375. The second-order valence-corrected chi connectivity index (χ2v) is 5.72. The van der Waals surface area contributed by atoms with E-state index in [1.54, 1.807) is 6.92 Å². The van der Waals surface area contributed by atoms with Crippen molar-refractivity contribution >= 4 is 28.2 Å². The normalized spacial score (nSPS) is 24.2. The zero-order valence-electron chi connectivity index (χ0n) is 15.3. The molecule has 0 saturated heterocycles. The Bertz CT molecular complexity index is 1020. The van der Waals surface area contributed by atoms with Crippen LogP contribution in [-0.2, 0) is 15.1 Å². The number of carbonyl (C=O) groups is 2. The molecule has 1 aliphatic rings. The molecule has 1 heterocycles. The molecule has 1 atom stereocenters. The van der Waals surface area contributed by atoms with Crippen LogP contribution in [-0.4, -0.2) is 21.1 Å². The SMILES string of the molecule is [2H]c1c([2H])c(N)c2c(=O)n([C@@]3(C)CCC(=O)CC3=O)c(C)nc2c1[2H]. The molecule has 114 valence electrons. The van der Waals surface area contributed by atoms with Crippen molar-refractivity contribution in [2.45, 2.75) is 38.6 Å². The molecular formula is C16H17N3O3. The van der Waals surface area contributed by atoms with Crippen molar-refractivity contribution in [1.29, 1.82) is 0 Å². The molecule has 2 N–H and O–H groups in total. The van der Waals surface area contributed by atoms with E-state index in [1.807, 2.05) is 0 Å². The number of carbonyl (C=O) groups excluding carboxylic acids is 2. The number of aromatic nitrogens is 2. The van der Waals surface area contributed by atoms with Gasteiger partial charge in [0.1, 0.15) is 17.1 Å². The first kappa shape index (κ1) is 11.1. The molecule has 0 bridgehead atoms. The van der Waals surface area contributed by atoms with Crippen LogP contribution in [0.1, 0.15) is 36.1 Å². The van der Waals surface area contributed by atoms with Gasteiger partial charge in [0.2, 0.25) is 0 Å². The van der Waals surface area contributed by atoms with E-state index in [0.717, 1.165) is 0 Å². The first-order valence-electron chi connectivity index (χ1n) is 8.43. The molecule has 0 radical (unpaired) electrons. The van der Waals surface area contributed by atoms with E-state index in [2.05, 4.69) is 4.98 Å². The van der Waals surface area contributed by atoms with Gasteiger partial charge in [-0.05, 0) is 32.4 Å². The summed E-state index contributed by atoms with van der Waals surface area (Å²) in [6.45, 7) is 3.12. The lowest BCUT2D eigenvalue weighted by Gasteiger charge is -2.34. The molecule has 1 saturated carbocycles. The summed E-state index contributed by atoms with van der Waals surface area (Å²) in [6.07, 6.45) is 0.117. The minimum atomic E-state index is -1.23. The Labute approximate surface area is 131 Å². The second kappa shape index (κ2) is 4.76. The number of hydrogen-bond donors (Lipinski definition) is 1. The highest BCUT2D eigenvalue weighted by atomic mass is 16.2. The molecule has 1 aromatic carbocycles. The molecule has 1 aliphatic carbocycles. The second-order valence-electron chi connectivity index (χ2n) is 5.72. The number of Topliss-reactive ketones (excluding diaryl/α,β-unsaturated/α-hetero) is 2. The fourth-order valence-corrected chi connectivity index (χ4v) is 2.98. The molecule has 0 spiro atoms. The van der Waals surface area contributed by atoms with Crippen LogP contribution in [0.15, 0.2) is 22.9 Å². The minimum absolute atomic E-state index is 0.0554. The smallest absolute Gasteiger partial charge is 0.264 e. The molecule has 0 amide bonds. The third-order valence-electron chi connectivity index (χ3n) is 4.24. The van der Waals surface area contributed by atoms with Crippen molar-refractivity contribution in [3.8, 4) is 0 Å². The van der Waals surface area contributed by atoms with E-state index in [0.29, 0.717) is 0 Å². The van der Waals surface area contributed by atoms with Gasteiger partial charge in [0.25, 0.3) is 5.56 Å². The number of benzene rings is 1. The monoisotopic (exact) mass is 302 g/mol. The Morgan fingerprint density at radius 3 is 2.77 bits per heavy atom. The molecule has 0 unspecified atom stereocenters. The maximum absolute atomic E-state index is 13.1. The van der Waals surface area contributed by atoms with Crippen molar-refractivity contribution in [3.05, 3.63) is 34.3 Å². The molecule has 0 aliphatic heterocycles. The van der Waals surface area contributed by atoms with Gasteiger partial charge in [-0.15, -0.1) is 0 Å². The quantitative estimate of drug-likeness (QED) is 0.633. The highest BCUT2D eigenvalue weighted by Crippen LogP contribution is 2.30. The lowest BCUT2D eigenvalue weighted by atomic mass is 9.81. The largest absolute Gasteiger partial charge is 0.398 e. The van der Waals surface area contributed by atoms with Gasteiger partial charge in [0, 0.05) is 12.1 Å². The van der Waals surface area contributed by atoms with E-state index >= 15 is 0 Å². The number of ketones is 2. The highest BCUT2D eigenvalue weighted by molar-refractivity contribution is 6.05. The fourth-order valence-electron chi connectivity index (χ4n) is 2.98.